The smallest absolute Gasteiger partial charge is 0.399 e. The van der Waals surface area contributed by atoms with Crippen LogP contribution in [0.15, 0.2) is 18.2 Å². The van der Waals surface area contributed by atoms with Crippen LogP contribution in [-0.2, 0) is 0 Å². The standard InChI is InChI=1S/C9H11F3N2/c1-6-4-7(13)2-3-8(6)14-5-9(10,11)12/h2-4,14H,5,13H2,1H3. The van der Waals surface area contributed by atoms with Gasteiger partial charge in [-0.05, 0) is 30.7 Å². The van der Waals surface area contributed by atoms with E-state index in [1.54, 1.807) is 19.1 Å². The van der Waals surface area contributed by atoms with Gasteiger partial charge in [0.05, 0.1) is 0 Å². The normalized spacial score (nSPS) is 11.4. The highest BCUT2D eigenvalue weighted by Crippen LogP contribution is 2.20. The Balaban J connectivity index is 2.68. The van der Waals surface area contributed by atoms with E-state index in [1.807, 2.05) is 0 Å². The van der Waals surface area contributed by atoms with Crippen molar-refractivity contribution in [2.24, 2.45) is 0 Å². The van der Waals surface area contributed by atoms with E-state index in [9.17, 15) is 13.2 Å². The SMILES string of the molecule is Cc1cc(N)ccc1NCC(F)(F)F. The first-order chi connectivity index (χ1) is 6.38. The quantitative estimate of drug-likeness (QED) is 0.726. The average molecular weight is 204 g/mol. The number of benzene rings is 1. The van der Waals surface area contributed by atoms with E-state index in [4.69, 9.17) is 5.73 Å². The summed E-state index contributed by atoms with van der Waals surface area (Å²) in [5.74, 6) is 0. The molecule has 0 saturated carbocycles. The number of rotatable bonds is 2. The molecule has 0 aliphatic heterocycles. The van der Waals surface area contributed by atoms with Gasteiger partial charge in [-0.1, -0.05) is 0 Å². The van der Waals surface area contributed by atoms with Gasteiger partial charge in [-0.2, -0.15) is 13.2 Å². The maximum Gasteiger partial charge on any atom is 0.405 e. The molecule has 1 rings (SSSR count). The summed E-state index contributed by atoms with van der Waals surface area (Å²) < 4.78 is 35.6. The van der Waals surface area contributed by atoms with Crippen molar-refractivity contribution < 1.29 is 13.2 Å². The van der Waals surface area contributed by atoms with Gasteiger partial charge in [0.15, 0.2) is 0 Å². The Bertz CT molecular complexity index is 320. The molecule has 3 N–H and O–H groups in total. The summed E-state index contributed by atoms with van der Waals surface area (Å²) in [7, 11) is 0. The topological polar surface area (TPSA) is 38.0 Å². The van der Waals surface area contributed by atoms with Crippen LogP contribution in [-0.4, -0.2) is 12.7 Å². The zero-order chi connectivity index (χ0) is 10.8. The zero-order valence-corrected chi connectivity index (χ0v) is 7.65. The summed E-state index contributed by atoms with van der Waals surface area (Å²) in [6.07, 6.45) is -4.20. The molecule has 0 fully saturated rings. The first-order valence-electron chi connectivity index (χ1n) is 4.05. The monoisotopic (exact) mass is 204 g/mol. The van der Waals surface area contributed by atoms with E-state index in [2.05, 4.69) is 5.32 Å². The van der Waals surface area contributed by atoms with E-state index in [0.717, 1.165) is 0 Å². The van der Waals surface area contributed by atoms with Crippen LogP contribution in [0.2, 0.25) is 0 Å². The van der Waals surface area contributed by atoms with Crippen molar-refractivity contribution in [3.63, 3.8) is 0 Å². The molecule has 0 unspecified atom stereocenters. The molecule has 1 aromatic carbocycles. The van der Waals surface area contributed by atoms with Gasteiger partial charge in [-0.15, -0.1) is 0 Å². The van der Waals surface area contributed by atoms with Crippen molar-refractivity contribution in [1.82, 2.24) is 0 Å². The van der Waals surface area contributed by atoms with Crippen LogP contribution in [0, 0.1) is 6.92 Å². The van der Waals surface area contributed by atoms with E-state index >= 15 is 0 Å². The second-order valence-electron chi connectivity index (χ2n) is 3.04. The zero-order valence-electron chi connectivity index (χ0n) is 7.65. The summed E-state index contributed by atoms with van der Waals surface area (Å²) in [5.41, 5.74) is 7.16. The van der Waals surface area contributed by atoms with E-state index < -0.39 is 12.7 Å². The third-order valence-electron chi connectivity index (χ3n) is 1.73. The number of nitrogens with one attached hydrogen (secondary N) is 1. The Kier molecular flexibility index (Phi) is 2.88. The van der Waals surface area contributed by atoms with Gasteiger partial charge in [0, 0.05) is 11.4 Å². The lowest BCUT2D eigenvalue weighted by molar-refractivity contribution is -0.115. The van der Waals surface area contributed by atoms with E-state index in [0.29, 0.717) is 16.9 Å². The maximum atomic E-state index is 11.9. The lowest BCUT2D eigenvalue weighted by atomic mass is 10.2. The summed E-state index contributed by atoms with van der Waals surface area (Å²) in [6.45, 7) is 0.673. The minimum absolute atomic E-state index is 0.455. The minimum Gasteiger partial charge on any atom is -0.399 e. The number of nitrogens with two attached hydrogens (primary N) is 1. The van der Waals surface area contributed by atoms with Gasteiger partial charge in [0.2, 0.25) is 0 Å². The highest BCUT2D eigenvalue weighted by atomic mass is 19.4. The summed E-state index contributed by atoms with van der Waals surface area (Å²) in [5, 5.41) is 2.30. The number of nitrogen functional groups attached to an aromatic ring is 1. The van der Waals surface area contributed by atoms with Crippen molar-refractivity contribution in [2.75, 3.05) is 17.6 Å². The largest absolute Gasteiger partial charge is 0.405 e. The number of alkyl halides is 3. The van der Waals surface area contributed by atoms with Crippen LogP contribution in [0.25, 0.3) is 0 Å². The van der Waals surface area contributed by atoms with Gasteiger partial charge in [-0.3, -0.25) is 0 Å². The Morgan fingerprint density at radius 2 is 2.00 bits per heavy atom. The molecule has 0 spiro atoms. The fraction of sp³-hybridized carbons (Fsp3) is 0.333. The predicted molar refractivity (Wildman–Crippen MR) is 50.1 cm³/mol. The van der Waals surface area contributed by atoms with Crippen molar-refractivity contribution in [3.8, 4) is 0 Å². The molecule has 0 aromatic heterocycles. The van der Waals surface area contributed by atoms with Crippen LogP contribution < -0.4 is 11.1 Å². The molecule has 0 aliphatic carbocycles. The Hall–Kier alpha value is -1.39. The Labute approximate surface area is 79.9 Å². The fourth-order valence-corrected chi connectivity index (χ4v) is 1.08. The number of hydrogen-bond acceptors (Lipinski definition) is 2. The molecule has 0 aliphatic rings. The molecule has 0 bridgehead atoms. The number of aryl methyl sites for hydroxylation is 1. The predicted octanol–water partition coefficient (Wildman–Crippen LogP) is 2.55. The first-order valence-corrected chi connectivity index (χ1v) is 4.05. The lowest BCUT2D eigenvalue weighted by Crippen LogP contribution is -2.21. The van der Waals surface area contributed by atoms with Gasteiger partial charge < -0.3 is 11.1 Å². The summed E-state index contributed by atoms with van der Waals surface area (Å²) >= 11 is 0. The molecule has 0 atom stereocenters. The molecule has 2 nitrogen and oxygen atoms in total. The van der Waals surface area contributed by atoms with Crippen molar-refractivity contribution >= 4 is 11.4 Å². The molecule has 14 heavy (non-hydrogen) atoms. The second kappa shape index (κ2) is 3.77. The van der Waals surface area contributed by atoms with Crippen molar-refractivity contribution in [2.45, 2.75) is 13.1 Å². The summed E-state index contributed by atoms with van der Waals surface area (Å²) in [4.78, 5) is 0. The first kappa shape index (κ1) is 10.7. The minimum atomic E-state index is -4.20. The fourth-order valence-electron chi connectivity index (χ4n) is 1.08. The van der Waals surface area contributed by atoms with Crippen molar-refractivity contribution in [3.05, 3.63) is 23.8 Å². The third kappa shape index (κ3) is 3.16. The molecule has 1 aromatic rings. The van der Waals surface area contributed by atoms with E-state index in [1.165, 1.54) is 6.07 Å². The van der Waals surface area contributed by atoms with Crippen LogP contribution in [0.3, 0.4) is 0 Å². The van der Waals surface area contributed by atoms with Crippen LogP contribution in [0.5, 0.6) is 0 Å². The lowest BCUT2D eigenvalue weighted by Gasteiger charge is -2.11. The highest BCUT2D eigenvalue weighted by Gasteiger charge is 2.26. The van der Waals surface area contributed by atoms with Gasteiger partial charge in [0.1, 0.15) is 6.54 Å². The summed E-state index contributed by atoms with van der Waals surface area (Å²) in [6, 6.07) is 4.72. The Morgan fingerprint density at radius 3 is 2.50 bits per heavy atom. The third-order valence-corrected chi connectivity index (χ3v) is 1.73. The molecule has 0 amide bonds. The van der Waals surface area contributed by atoms with Crippen LogP contribution in [0.4, 0.5) is 24.5 Å². The molecular formula is C9H11F3N2. The number of halogens is 3. The average Bonchev–Trinajstić information content (AvgIpc) is 2.00. The van der Waals surface area contributed by atoms with Gasteiger partial charge in [0.25, 0.3) is 0 Å². The van der Waals surface area contributed by atoms with Gasteiger partial charge >= 0.3 is 6.18 Å². The maximum absolute atomic E-state index is 11.9. The molecule has 0 saturated heterocycles. The van der Waals surface area contributed by atoms with Crippen molar-refractivity contribution in [1.29, 1.82) is 0 Å². The van der Waals surface area contributed by atoms with Crippen LogP contribution >= 0.6 is 0 Å². The number of anilines is 2. The molecular weight excluding hydrogens is 193 g/mol. The Morgan fingerprint density at radius 1 is 1.36 bits per heavy atom. The molecule has 0 radical (unpaired) electrons. The van der Waals surface area contributed by atoms with E-state index in [-0.39, 0.29) is 0 Å². The molecule has 0 heterocycles. The van der Waals surface area contributed by atoms with Crippen LogP contribution in [0.1, 0.15) is 5.56 Å². The number of hydrogen-bond donors (Lipinski definition) is 2. The molecule has 5 heteroatoms. The van der Waals surface area contributed by atoms with Gasteiger partial charge in [-0.25, -0.2) is 0 Å². The second-order valence-corrected chi connectivity index (χ2v) is 3.04. The molecule has 78 valence electrons. The highest BCUT2D eigenvalue weighted by molar-refractivity contribution is 5.57.